The summed E-state index contributed by atoms with van der Waals surface area (Å²) in [6, 6.07) is 6.67. The minimum absolute atomic E-state index is 0.246. The van der Waals surface area contributed by atoms with Crippen molar-refractivity contribution in [3.8, 4) is 11.3 Å². The Morgan fingerprint density at radius 2 is 2.06 bits per heavy atom. The first-order valence-corrected chi connectivity index (χ1v) is 5.92. The molecule has 1 aromatic heterocycles. The third-order valence-corrected chi connectivity index (χ3v) is 3.51. The molecule has 0 bridgehead atoms. The summed E-state index contributed by atoms with van der Waals surface area (Å²) in [5.74, 6) is -0.246. The highest BCUT2D eigenvalue weighted by Crippen LogP contribution is 2.31. The Balaban J connectivity index is 2.61. The molecule has 0 radical (unpaired) electrons. The smallest absolute Gasteiger partial charge is 0.132 e. The predicted molar refractivity (Wildman–Crippen MR) is 65.7 cm³/mol. The number of hydrogen-bond donors (Lipinski definition) is 0. The van der Waals surface area contributed by atoms with Crippen LogP contribution in [0.15, 0.2) is 28.7 Å². The lowest BCUT2D eigenvalue weighted by Crippen LogP contribution is -1.98. The lowest BCUT2D eigenvalue weighted by Gasteiger charge is -1.99. The van der Waals surface area contributed by atoms with E-state index in [1.807, 2.05) is 24.6 Å². The van der Waals surface area contributed by atoms with Gasteiger partial charge in [0.1, 0.15) is 11.5 Å². The van der Waals surface area contributed by atoms with Crippen LogP contribution in [0.25, 0.3) is 11.3 Å². The molecule has 1 heterocycles. The second-order valence-corrected chi connectivity index (χ2v) is 4.34. The molecule has 4 heteroatoms. The van der Waals surface area contributed by atoms with Crippen molar-refractivity contribution in [2.75, 3.05) is 0 Å². The number of hydrogen-bond acceptors (Lipinski definition) is 1. The van der Waals surface area contributed by atoms with Crippen molar-refractivity contribution in [3.63, 3.8) is 0 Å². The SMILES string of the molecule is CCn1nc(-c2ccccc2F)c(Br)c1C. The average molecular weight is 283 g/mol. The average Bonchev–Trinajstić information content (AvgIpc) is 2.57. The first-order chi connectivity index (χ1) is 7.65. The van der Waals surface area contributed by atoms with Crippen LogP contribution in [0.5, 0.6) is 0 Å². The summed E-state index contributed by atoms with van der Waals surface area (Å²) in [6.45, 7) is 4.75. The normalized spacial score (nSPS) is 10.8. The summed E-state index contributed by atoms with van der Waals surface area (Å²) in [6.07, 6.45) is 0. The van der Waals surface area contributed by atoms with E-state index in [1.165, 1.54) is 6.07 Å². The molecular formula is C12H12BrFN2. The highest BCUT2D eigenvalue weighted by molar-refractivity contribution is 9.10. The number of benzene rings is 1. The summed E-state index contributed by atoms with van der Waals surface area (Å²) < 4.78 is 16.3. The maximum atomic E-state index is 13.6. The zero-order chi connectivity index (χ0) is 11.7. The van der Waals surface area contributed by atoms with Crippen LogP contribution in [0.3, 0.4) is 0 Å². The van der Waals surface area contributed by atoms with E-state index in [9.17, 15) is 4.39 Å². The Kier molecular flexibility index (Phi) is 3.10. The van der Waals surface area contributed by atoms with Crippen LogP contribution in [0.1, 0.15) is 12.6 Å². The van der Waals surface area contributed by atoms with E-state index in [0.717, 1.165) is 16.7 Å². The maximum Gasteiger partial charge on any atom is 0.132 e. The van der Waals surface area contributed by atoms with Crippen LogP contribution in [0, 0.1) is 12.7 Å². The molecule has 0 amide bonds. The van der Waals surface area contributed by atoms with E-state index < -0.39 is 0 Å². The van der Waals surface area contributed by atoms with Gasteiger partial charge in [-0.25, -0.2) is 4.39 Å². The Hall–Kier alpha value is -1.16. The predicted octanol–water partition coefficient (Wildman–Crippen LogP) is 3.78. The summed E-state index contributed by atoms with van der Waals surface area (Å²) in [4.78, 5) is 0. The molecule has 0 atom stereocenters. The standard InChI is InChI=1S/C12H12BrFN2/c1-3-16-8(2)11(13)12(15-16)9-6-4-5-7-10(9)14/h4-7H,3H2,1-2H3. The van der Waals surface area contributed by atoms with Gasteiger partial charge in [0.2, 0.25) is 0 Å². The van der Waals surface area contributed by atoms with E-state index in [4.69, 9.17) is 0 Å². The van der Waals surface area contributed by atoms with E-state index in [-0.39, 0.29) is 5.82 Å². The van der Waals surface area contributed by atoms with E-state index in [2.05, 4.69) is 21.0 Å². The fourth-order valence-electron chi connectivity index (χ4n) is 1.66. The molecule has 0 fully saturated rings. The zero-order valence-electron chi connectivity index (χ0n) is 9.17. The fraction of sp³-hybridized carbons (Fsp3) is 0.250. The van der Waals surface area contributed by atoms with E-state index >= 15 is 0 Å². The molecule has 0 aliphatic carbocycles. The molecule has 0 unspecified atom stereocenters. The van der Waals surface area contributed by atoms with Crippen LogP contribution >= 0.6 is 15.9 Å². The molecule has 16 heavy (non-hydrogen) atoms. The molecule has 1 aromatic carbocycles. The van der Waals surface area contributed by atoms with Crippen molar-refractivity contribution in [1.82, 2.24) is 9.78 Å². The van der Waals surface area contributed by atoms with Gasteiger partial charge in [-0.2, -0.15) is 5.10 Å². The van der Waals surface area contributed by atoms with Crippen molar-refractivity contribution >= 4 is 15.9 Å². The third-order valence-electron chi connectivity index (χ3n) is 2.56. The molecule has 0 spiro atoms. The number of aromatic nitrogens is 2. The Morgan fingerprint density at radius 3 is 2.62 bits per heavy atom. The number of aryl methyl sites for hydroxylation is 1. The first-order valence-electron chi connectivity index (χ1n) is 5.13. The maximum absolute atomic E-state index is 13.6. The van der Waals surface area contributed by atoms with Crippen molar-refractivity contribution in [1.29, 1.82) is 0 Å². The van der Waals surface area contributed by atoms with Gasteiger partial charge in [0.25, 0.3) is 0 Å². The van der Waals surface area contributed by atoms with Crippen molar-refractivity contribution in [2.24, 2.45) is 0 Å². The zero-order valence-corrected chi connectivity index (χ0v) is 10.8. The van der Waals surface area contributed by atoms with Gasteiger partial charge in [0, 0.05) is 12.1 Å². The molecule has 2 rings (SSSR count). The molecule has 84 valence electrons. The molecule has 2 aromatic rings. The highest BCUT2D eigenvalue weighted by atomic mass is 79.9. The Labute approximate surface area is 102 Å². The van der Waals surface area contributed by atoms with Gasteiger partial charge in [0.15, 0.2) is 0 Å². The number of halogens is 2. The molecule has 0 aliphatic heterocycles. The van der Waals surface area contributed by atoms with Crippen LogP contribution < -0.4 is 0 Å². The molecular weight excluding hydrogens is 271 g/mol. The highest BCUT2D eigenvalue weighted by Gasteiger charge is 2.15. The second-order valence-electron chi connectivity index (χ2n) is 3.54. The van der Waals surface area contributed by atoms with Crippen molar-refractivity contribution < 1.29 is 4.39 Å². The van der Waals surface area contributed by atoms with E-state index in [0.29, 0.717) is 11.3 Å². The van der Waals surface area contributed by atoms with Crippen LogP contribution in [-0.2, 0) is 6.54 Å². The van der Waals surface area contributed by atoms with Gasteiger partial charge < -0.3 is 0 Å². The fourth-order valence-corrected chi connectivity index (χ4v) is 2.16. The second kappa shape index (κ2) is 4.37. The quantitative estimate of drug-likeness (QED) is 0.820. The van der Waals surface area contributed by atoms with Gasteiger partial charge in [-0.3, -0.25) is 4.68 Å². The van der Waals surface area contributed by atoms with Gasteiger partial charge >= 0.3 is 0 Å². The lowest BCUT2D eigenvalue weighted by atomic mass is 10.1. The lowest BCUT2D eigenvalue weighted by molar-refractivity contribution is 0.624. The Morgan fingerprint density at radius 1 is 1.38 bits per heavy atom. The van der Waals surface area contributed by atoms with Crippen LogP contribution in [-0.4, -0.2) is 9.78 Å². The molecule has 0 saturated carbocycles. The first kappa shape index (κ1) is 11.3. The van der Waals surface area contributed by atoms with Gasteiger partial charge in [-0.15, -0.1) is 0 Å². The topological polar surface area (TPSA) is 17.8 Å². The Bertz CT molecular complexity index is 520. The summed E-state index contributed by atoms with van der Waals surface area (Å²) >= 11 is 3.46. The minimum Gasteiger partial charge on any atom is -0.268 e. The summed E-state index contributed by atoms with van der Waals surface area (Å²) in [5.41, 5.74) is 2.21. The summed E-state index contributed by atoms with van der Waals surface area (Å²) in [7, 11) is 0. The number of rotatable bonds is 2. The monoisotopic (exact) mass is 282 g/mol. The van der Waals surface area contributed by atoms with Crippen molar-refractivity contribution in [2.45, 2.75) is 20.4 Å². The van der Waals surface area contributed by atoms with Crippen LogP contribution in [0.4, 0.5) is 4.39 Å². The molecule has 0 aliphatic rings. The molecule has 2 nitrogen and oxygen atoms in total. The van der Waals surface area contributed by atoms with Gasteiger partial charge in [0.05, 0.1) is 10.2 Å². The third kappa shape index (κ3) is 1.78. The summed E-state index contributed by atoms with van der Waals surface area (Å²) in [5, 5.41) is 4.39. The minimum atomic E-state index is -0.246. The van der Waals surface area contributed by atoms with Crippen LogP contribution in [0.2, 0.25) is 0 Å². The van der Waals surface area contributed by atoms with Gasteiger partial charge in [-0.1, -0.05) is 12.1 Å². The molecule has 0 N–H and O–H groups in total. The van der Waals surface area contributed by atoms with Crippen molar-refractivity contribution in [3.05, 3.63) is 40.2 Å². The molecule has 0 saturated heterocycles. The van der Waals surface area contributed by atoms with E-state index in [1.54, 1.807) is 12.1 Å². The number of nitrogens with zero attached hydrogens (tertiary/aromatic N) is 2. The largest absolute Gasteiger partial charge is 0.268 e. The van der Waals surface area contributed by atoms with Gasteiger partial charge in [-0.05, 0) is 41.9 Å².